The van der Waals surface area contributed by atoms with Crippen molar-refractivity contribution < 1.29 is 0 Å². The number of H-pyrrole nitrogens is 1. The lowest BCUT2D eigenvalue weighted by Crippen LogP contribution is -2.01. The van der Waals surface area contributed by atoms with E-state index in [4.69, 9.17) is 0 Å². The molecule has 1 aromatic rings. The van der Waals surface area contributed by atoms with Gasteiger partial charge in [-0.15, -0.1) is 0 Å². The number of aryl methyl sites for hydroxylation is 1. The quantitative estimate of drug-likeness (QED) is 0.757. The highest BCUT2D eigenvalue weighted by atomic mass is 15.2. The van der Waals surface area contributed by atoms with Gasteiger partial charge < -0.3 is 0 Å². The van der Waals surface area contributed by atoms with Crippen LogP contribution in [0.15, 0.2) is 0 Å². The number of nitrogens with zero attached hydrogens (tertiary/aromatic N) is 2. The van der Waals surface area contributed by atoms with Crippen LogP contribution in [0.25, 0.3) is 0 Å². The van der Waals surface area contributed by atoms with Gasteiger partial charge in [0.25, 0.3) is 0 Å². The van der Waals surface area contributed by atoms with E-state index in [2.05, 4.69) is 29.0 Å². The second kappa shape index (κ2) is 5.78. The Morgan fingerprint density at radius 2 is 2.00 bits per heavy atom. The van der Waals surface area contributed by atoms with Crippen LogP contribution in [0.5, 0.6) is 0 Å². The van der Waals surface area contributed by atoms with Crippen molar-refractivity contribution in [2.24, 2.45) is 0 Å². The number of unbranched alkanes of at least 4 members (excludes halogenated alkanes) is 1. The van der Waals surface area contributed by atoms with E-state index in [1.807, 2.05) is 6.92 Å². The standard InChI is InChI=1S/C11H21N3/c1-4-6-8-10(7-5-2)11-12-9(3)13-14-11/h10H,4-8H2,1-3H3,(H,12,13,14). The zero-order valence-corrected chi connectivity index (χ0v) is 9.51. The Hall–Kier alpha value is -0.860. The van der Waals surface area contributed by atoms with Gasteiger partial charge in [-0.1, -0.05) is 33.1 Å². The summed E-state index contributed by atoms with van der Waals surface area (Å²) in [7, 11) is 0. The highest BCUT2D eigenvalue weighted by Gasteiger charge is 2.14. The molecule has 0 aliphatic carbocycles. The van der Waals surface area contributed by atoms with Crippen molar-refractivity contribution in [3.8, 4) is 0 Å². The van der Waals surface area contributed by atoms with Gasteiger partial charge in [0, 0.05) is 5.92 Å². The first-order valence-electron chi connectivity index (χ1n) is 5.66. The smallest absolute Gasteiger partial charge is 0.153 e. The van der Waals surface area contributed by atoms with Crippen molar-refractivity contribution in [1.29, 1.82) is 0 Å². The topological polar surface area (TPSA) is 41.6 Å². The third-order valence-electron chi connectivity index (χ3n) is 2.52. The molecule has 1 rings (SSSR count). The van der Waals surface area contributed by atoms with Crippen molar-refractivity contribution >= 4 is 0 Å². The molecule has 1 aromatic heterocycles. The molecule has 0 spiro atoms. The Labute approximate surface area is 86.3 Å². The van der Waals surface area contributed by atoms with Crippen molar-refractivity contribution in [3.05, 3.63) is 11.6 Å². The normalized spacial score (nSPS) is 13.1. The lowest BCUT2D eigenvalue weighted by Gasteiger charge is -2.11. The van der Waals surface area contributed by atoms with Gasteiger partial charge in [0.2, 0.25) is 0 Å². The van der Waals surface area contributed by atoms with Crippen molar-refractivity contribution in [1.82, 2.24) is 15.2 Å². The van der Waals surface area contributed by atoms with E-state index in [9.17, 15) is 0 Å². The molecular formula is C11H21N3. The summed E-state index contributed by atoms with van der Waals surface area (Å²) in [6, 6.07) is 0. The number of nitrogens with one attached hydrogen (secondary N) is 1. The molecule has 0 aliphatic rings. The third kappa shape index (κ3) is 3.13. The minimum Gasteiger partial charge on any atom is -0.263 e. The third-order valence-corrected chi connectivity index (χ3v) is 2.52. The van der Waals surface area contributed by atoms with Crippen LogP contribution in [0, 0.1) is 6.92 Å². The van der Waals surface area contributed by atoms with Crippen LogP contribution in [-0.4, -0.2) is 15.2 Å². The Balaban J connectivity index is 2.57. The Morgan fingerprint density at radius 3 is 2.50 bits per heavy atom. The number of aromatic amines is 1. The molecule has 1 N–H and O–H groups in total. The number of rotatable bonds is 6. The Kier molecular flexibility index (Phi) is 4.63. The molecule has 14 heavy (non-hydrogen) atoms. The summed E-state index contributed by atoms with van der Waals surface area (Å²) in [6.07, 6.45) is 6.17. The molecule has 0 amide bonds. The van der Waals surface area contributed by atoms with Gasteiger partial charge in [-0.2, -0.15) is 5.10 Å². The SMILES string of the molecule is CCCCC(CCC)c1n[nH]c(C)n1. The maximum atomic E-state index is 4.42. The lowest BCUT2D eigenvalue weighted by molar-refractivity contribution is 0.518. The van der Waals surface area contributed by atoms with Gasteiger partial charge in [0.1, 0.15) is 5.82 Å². The number of hydrogen-bond donors (Lipinski definition) is 1. The van der Waals surface area contributed by atoms with Crippen LogP contribution in [0.1, 0.15) is 63.5 Å². The molecule has 0 saturated heterocycles. The fourth-order valence-electron chi connectivity index (χ4n) is 1.74. The zero-order chi connectivity index (χ0) is 10.4. The largest absolute Gasteiger partial charge is 0.263 e. The molecule has 0 radical (unpaired) electrons. The maximum Gasteiger partial charge on any atom is 0.153 e. The molecule has 0 saturated carbocycles. The van der Waals surface area contributed by atoms with Gasteiger partial charge in [0.15, 0.2) is 5.82 Å². The van der Waals surface area contributed by atoms with Crippen molar-refractivity contribution in [2.45, 2.75) is 58.8 Å². The summed E-state index contributed by atoms with van der Waals surface area (Å²) >= 11 is 0. The molecule has 3 heteroatoms. The van der Waals surface area contributed by atoms with Gasteiger partial charge in [-0.3, -0.25) is 5.10 Å². The average Bonchev–Trinajstić information content (AvgIpc) is 2.59. The number of aromatic nitrogens is 3. The lowest BCUT2D eigenvalue weighted by atomic mass is 9.96. The summed E-state index contributed by atoms with van der Waals surface area (Å²) in [5.41, 5.74) is 0. The summed E-state index contributed by atoms with van der Waals surface area (Å²) in [5.74, 6) is 2.50. The summed E-state index contributed by atoms with van der Waals surface area (Å²) in [6.45, 7) is 6.41. The van der Waals surface area contributed by atoms with Crippen LogP contribution in [0.4, 0.5) is 0 Å². The highest BCUT2D eigenvalue weighted by Crippen LogP contribution is 2.23. The minimum absolute atomic E-state index is 0.560. The highest BCUT2D eigenvalue weighted by molar-refractivity contribution is 4.96. The second-order valence-electron chi connectivity index (χ2n) is 3.91. The minimum atomic E-state index is 0.560. The van der Waals surface area contributed by atoms with Crippen LogP contribution in [0.3, 0.4) is 0 Å². The monoisotopic (exact) mass is 195 g/mol. The van der Waals surface area contributed by atoms with E-state index in [1.54, 1.807) is 0 Å². The Bertz CT molecular complexity index is 255. The predicted octanol–water partition coefficient (Wildman–Crippen LogP) is 3.19. The predicted molar refractivity (Wildman–Crippen MR) is 58.3 cm³/mol. The fraction of sp³-hybridized carbons (Fsp3) is 0.818. The summed E-state index contributed by atoms with van der Waals surface area (Å²) in [5, 5.41) is 7.17. The van der Waals surface area contributed by atoms with Gasteiger partial charge >= 0.3 is 0 Å². The average molecular weight is 195 g/mol. The fourth-order valence-corrected chi connectivity index (χ4v) is 1.74. The van der Waals surface area contributed by atoms with E-state index in [-0.39, 0.29) is 0 Å². The van der Waals surface area contributed by atoms with Crippen LogP contribution < -0.4 is 0 Å². The molecular weight excluding hydrogens is 174 g/mol. The summed E-state index contributed by atoms with van der Waals surface area (Å²) in [4.78, 5) is 4.42. The Morgan fingerprint density at radius 1 is 1.21 bits per heavy atom. The molecule has 1 heterocycles. The summed E-state index contributed by atoms with van der Waals surface area (Å²) < 4.78 is 0. The molecule has 3 nitrogen and oxygen atoms in total. The molecule has 0 aromatic carbocycles. The first-order chi connectivity index (χ1) is 6.77. The van der Waals surface area contributed by atoms with Gasteiger partial charge in [0.05, 0.1) is 0 Å². The molecule has 0 fully saturated rings. The van der Waals surface area contributed by atoms with Crippen LogP contribution in [-0.2, 0) is 0 Å². The maximum absolute atomic E-state index is 4.42. The molecule has 80 valence electrons. The molecule has 1 unspecified atom stereocenters. The first-order valence-corrected chi connectivity index (χ1v) is 5.66. The molecule has 0 bridgehead atoms. The van der Waals surface area contributed by atoms with Crippen molar-refractivity contribution in [3.63, 3.8) is 0 Å². The van der Waals surface area contributed by atoms with E-state index in [1.165, 1.54) is 32.1 Å². The molecule has 0 aliphatic heterocycles. The van der Waals surface area contributed by atoms with Crippen molar-refractivity contribution in [2.75, 3.05) is 0 Å². The first kappa shape index (κ1) is 11.2. The second-order valence-corrected chi connectivity index (χ2v) is 3.91. The van der Waals surface area contributed by atoms with E-state index in [0.29, 0.717) is 5.92 Å². The van der Waals surface area contributed by atoms with E-state index < -0.39 is 0 Å². The molecule has 1 atom stereocenters. The van der Waals surface area contributed by atoms with Gasteiger partial charge in [-0.05, 0) is 19.8 Å². The van der Waals surface area contributed by atoms with Crippen LogP contribution >= 0.6 is 0 Å². The van der Waals surface area contributed by atoms with E-state index in [0.717, 1.165) is 11.6 Å². The van der Waals surface area contributed by atoms with Crippen LogP contribution in [0.2, 0.25) is 0 Å². The van der Waals surface area contributed by atoms with E-state index >= 15 is 0 Å². The van der Waals surface area contributed by atoms with Gasteiger partial charge in [-0.25, -0.2) is 4.98 Å². The number of hydrogen-bond acceptors (Lipinski definition) is 2. The zero-order valence-electron chi connectivity index (χ0n) is 9.51.